The number of hydrogen-bond donors (Lipinski definition) is 3. The highest BCUT2D eigenvalue weighted by atomic mass is 16.4. The number of rotatable bonds is 22. The van der Waals surface area contributed by atoms with Crippen molar-refractivity contribution in [3.05, 3.63) is 0 Å². The second kappa shape index (κ2) is 21.7. The van der Waals surface area contributed by atoms with Gasteiger partial charge in [-0.25, -0.2) is 0 Å². The smallest absolute Gasteiger partial charge is 0.305 e. The van der Waals surface area contributed by atoms with Crippen LogP contribution in [0.1, 0.15) is 128 Å². The molecule has 0 aromatic carbocycles. The van der Waals surface area contributed by atoms with E-state index in [2.05, 4.69) is 0 Å². The van der Waals surface area contributed by atoms with E-state index in [-0.39, 0.29) is 6.42 Å². The normalized spacial score (nSPS) is 12.4. The molecule has 4 nitrogen and oxygen atoms in total. The topological polar surface area (TPSA) is 77.8 Å². The van der Waals surface area contributed by atoms with Gasteiger partial charge < -0.3 is 15.3 Å². The minimum atomic E-state index is -0.909. The monoisotopic (exact) mass is 386 g/mol. The molecule has 1 atom stereocenters. The Labute approximate surface area is 167 Å². The Morgan fingerprint density at radius 1 is 0.556 bits per heavy atom. The molecule has 0 rings (SSSR count). The zero-order valence-corrected chi connectivity index (χ0v) is 17.7. The predicted octanol–water partition coefficient (Wildman–Crippen LogP) is 6.23. The molecule has 0 unspecified atom stereocenters. The Hall–Kier alpha value is -0.610. The Kier molecular flexibility index (Phi) is 21.2. The molecule has 4 heteroatoms. The fourth-order valence-corrected chi connectivity index (χ4v) is 3.62. The zero-order valence-electron chi connectivity index (χ0n) is 17.7. The van der Waals surface area contributed by atoms with E-state index in [4.69, 9.17) is 10.2 Å². The van der Waals surface area contributed by atoms with Gasteiger partial charge in [-0.15, -0.1) is 0 Å². The van der Waals surface area contributed by atoms with Gasteiger partial charge in [0.15, 0.2) is 0 Å². The van der Waals surface area contributed by atoms with E-state index in [1.54, 1.807) is 0 Å². The highest BCUT2D eigenvalue weighted by Gasteiger charge is 2.08. The summed E-state index contributed by atoms with van der Waals surface area (Å²) < 4.78 is 0. The van der Waals surface area contributed by atoms with Crippen molar-refractivity contribution < 1.29 is 20.1 Å². The molecule has 0 aromatic rings. The number of aliphatic hydroxyl groups excluding tert-OH is 2. The molecular weight excluding hydrogens is 340 g/mol. The van der Waals surface area contributed by atoms with Crippen molar-refractivity contribution in [3.63, 3.8) is 0 Å². The Balaban J connectivity index is 3.06. The number of unbranched alkanes of at least 4 members (excludes halogenated alkanes) is 17. The molecule has 0 saturated heterocycles. The van der Waals surface area contributed by atoms with Gasteiger partial charge in [0.1, 0.15) is 0 Å². The molecule has 0 aliphatic carbocycles. The van der Waals surface area contributed by atoms with Crippen molar-refractivity contribution in [3.8, 4) is 0 Å². The van der Waals surface area contributed by atoms with Gasteiger partial charge in [0, 0.05) is 6.61 Å². The summed E-state index contributed by atoms with van der Waals surface area (Å²) in [5, 5.41) is 26.8. The molecule has 0 aromatic heterocycles. The van der Waals surface area contributed by atoms with Gasteiger partial charge in [0.25, 0.3) is 0 Å². The Bertz CT molecular complexity index is 307. The van der Waals surface area contributed by atoms with Crippen LogP contribution in [0.3, 0.4) is 0 Å². The van der Waals surface area contributed by atoms with Crippen molar-refractivity contribution in [2.75, 3.05) is 6.61 Å². The maximum Gasteiger partial charge on any atom is 0.305 e. The number of carbonyl (C=O) groups is 1. The number of aliphatic carboxylic acids is 1. The van der Waals surface area contributed by atoms with Gasteiger partial charge in [-0.3, -0.25) is 4.79 Å². The average Bonchev–Trinajstić information content (AvgIpc) is 2.63. The third-order valence-corrected chi connectivity index (χ3v) is 5.36. The van der Waals surface area contributed by atoms with Crippen LogP contribution in [0.15, 0.2) is 0 Å². The lowest BCUT2D eigenvalue weighted by atomic mass is 10.0. The van der Waals surface area contributed by atoms with Crippen LogP contribution in [-0.2, 0) is 4.79 Å². The van der Waals surface area contributed by atoms with E-state index in [0.29, 0.717) is 13.0 Å². The van der Waals surface area contributed by atoms with Gasteiger partial charge >= 0.3 is 5.97 Å². The summed E-state index contributed by atoms with van der Waals surface area (Å²) in [5.74, 6) is -0.909. The first kappa shape index (κ1) is 26.4. The summed E-state index contributed by atoms with van der Waals surface area (Å²) >= 11 is 0. The summed E-state index contributed by atoms with van der Waals surface area (Å²) in [7, 11) is 0. The maximum atomic E-state index is 10.4. The summed E-state index contributed by atoms with van der Waals surface area (Å²) in [6, 6.07) is 0. The Morgan fingerprint density at radius 3 is 1.15 bits per heavy atom. The highest BCUT2D eigenvalue weighted by molar-refractivity contribution is 5.67. The van der Waals surface area contributed by atoms with E-state index in [0.717, 1.165) is 19.3 Å². The number of carboxylic acids is 1. The van der Waals surface area contributed by atoms with Crippen molar-refractivity contribution in [2.45, 2.75) is 135 Å². The van der Waals surface area contributed by atoms with Crippen molar-refractivity contribution >= 4 is 5.97 Å². The summed E-state index contributed by atoms with van der Waals surface area (Å²) in [6.07, 6.45) is 22.8. The van der Waals surface area contributed by atoms with E-state index in [1.165, 1.54) is 96.3 Å². The fourth-order valence-electron chi connectivity index (χ4n) is 3.62. The third-order valence-electron chi connectivity index (χ3n) is 5.36. The SMILES string of the molecule is O=C(O)C[C@H](O)CCCCCCCCCCCCCCCCCCCCO. The molecule has 0 aliphatic heterocycles. The molecule has 0 bridgehead atoms. The minimum absolute atomic E-state index is 0.120. The minimum Gasteiger partial charge on any atom is -0.481 e. The first-order valence-electron chi connectivity index (χ1n) is 11.7. The molecule has 162 valence electrons. The van der Waals surface area contributed by atoms with Gasteiger partial charge in [0.2, 0.25) is 0 Å². The summed E-state index contributed by atoms with van der Waals surface area (Å²) in [6.45, 7) is 0.348. The molecule has 0 radical (unpaired) electrons. The van der Waals surface area contributed by atoms with Crippen LogP contribution in [-0.4, -0.2) is 34.0 Å². The number of aliphatic hydroxyl groups is 2. The third kappa shape index (κ3) is 23.4. The fraction of sp³-hybridized carbons (Fsp3) is 0.957. The van der Waals surface area contributed by atoms with Crippen molar-refractivity contribution in [1.29, 1.82) is 0 Å². The molecule has 3 N–H and O–H groups in total. The van der Waals surface area contributed by atoms with E-state index < -0.39 is 12.1 Å². The van der Waals surface area contributed by atoms with E-state index >= 15 is 0 Å². The molecule has 27 heavy (non-hydrogen) atoms. The van der Waals surface area contributed by atoms with Crippen LogP contribution >= 0.6 is 0 Å². The first-order valence-corrected chi connectivity index (χ1v) is 11.7. The number of carboxylic acid groups (broad SMARTS) is 1. The lowest BCUT2D eigenvalue weighted by Gasteiger charge is -2.07. The summed E-state index contributed by atoms with van der Waals surface area (Å²) in [4.78, 5) is 10.4. The summed E-state index contributed by atoms with van der Waals surface area (Å²) in [5.41, 5.74) is 0. The van der Waals surface area contributed by atoms with Crippen LogP contribution < -0.4 is 0 Å². The van der Waals surface area contributed by atoms with Crippen LogP contribution in [0.2, 0.25) is 0 Å². The van der Waals surface area contributed by atoms with Crippen LogP contribution in [0.4, 0.5) is 0 Å². The number of hydrogen-bond acceptors (Lipinski definition) is 3. The average molecular weight is 387 g/mol. The maximum absolute atomic E-state index is 10.4. The quantitative estimate of drug-likeness (QED) is 0.193. The predicted molar refractivity (Wildman–Crippen MR) is 113 cm³/mol. The van der Waals surface area contributed by atoms with Gasteiger partial charge in [-0.2, -0.15) is 0 Å². The molecular formula is C23H46O4. The van der Waals surface area contributed by atoms with E-state index in [1.807, 2.05) is 0 Å². The van der Waals surface area contributed by atoms with Crippen LogP contribution in [0, 0.1) is 0 Å². The Morgan fingerprint density at radius 2 is 0.852 bits per heavy atom. The van der Waals surface area contributed by atoms with Gasteiger partial charge in [-0.05, 0) is 12.8 Å². The van der Waals surface area contributed by atoms with E-state index in [9.17, 15) is 9.90 Å². The molecule has 0 fully saturated rings. The zero-order chi connectivity index (χ0) is 20.0. The van der Waals surface area contributed by atoms with Crippen molar-refractivity contribution in [2.24, 2.45) is 0 Å². The first-order chi connectivity index (χ1) is 13.2. The van der Waals surface area contributed by atoms with Gasteiger partial charge in [0.05, 0.1) is 12.5 Å². The second-order valence-electron chi connectivity index (χ2n) is 8.13. The molecule has 0 saturated carbocycles. The van der Waals surface area contributed by atoms with Crippen molar-refractivity contribution in [1.82, 2.24) is 0 Å². The van der Waals surface area contributed by atoms with Gasteiger partial charge in [-0.1, -0.05) is 109 Å². The highest BCUT2D eigenvalue weighted by Crippen LogP contribution is 2.15. The molecule has 0 aliphatic rings. The lowest BCUT2D eigenvalue weighted by Crippen LogP contribution is -2.12. The largest absolute Gasteiger partial charge is 0.481 e. The van der Waals surface area contributed by atoms with Crippen LogP contribution in [0.5, 0.6) is 0 Å². The molecule has 0 amide bonds. The molecule has 0 spiro atoms. The second-order valence-corrected chi connectivity index (χ2v) is 8.13. The van der Waals surface area contributed by atoms with Crippen LogP contribution in [0.25, 0.3) is 0 Å². The standard InChI is InChI=1S/C23H46O4/c24-20-18-16-14-12-10-8-6-4-2-1-3-5-7-9-11-13-15-17-19-22(25)21-23(26)27/h22,24-25H,1-21H2,(H,26,27)/t22-/m1/s1. The molecule has 0 heterocycles. The lowest BCUT2D eigenvalue weighted by molar-refractivity contribution is -0.139.